The second-order valence-corrected chi connectivity index (χ2v) is 8.88. The molecule has 0 aliphatic carbocycles. The van der Waals surface area contributed by atoms with E-state index < -0.39 is 0 Å². The Bertz CT molecular complexity index is 1580. The largest absolute Gasteiger partial charge is 0.379 e. The van der Waals surface area contributed by atoms with E-state index >= 15 is 0 Å². The van der Waals surface area contributed by atoms with Crippen molar-refractivity contribution in [2.24, 2.45) is 0 Å². The minimum absolute atomic E-state index is 0.147. The molecule has 0 spiro atoms. The second-order valence-electron chi connectivity index (χ2n) is 8.44. The summed E-state index contributed by atoms with van der Waals surface area (Å²) in [6, 6.07) is 31.2. The number of urea groups is 1. The van der Waals surface area contributed by atoms with Gasteiger partial charge in [0.05, 0.1) is 24.1 Å². The molecule has 0 saturated heterocycles. The average Bonchev–Trinajstić information content (AvgIpc) is 2.92. The van der Waals surface area contributed by atoms with Crippen molar-refractivity contribution >= 4 is 45.7 Å². The molecular weight excluding hydrogens is 486 g/mol. The molecule has 0 aliphatic heterocycles. The van der Waals surface area contributed by atoms with Crippen LogP contribution in [0.1, 0.15) is 11.3 Å². The summed E-state index contributed by atoms with van der Waals surface area (Å²) in [7, 11) is 0. The van der Waals surface area contributed by atoms with Gasteiger partial charge in [0.1, 0.15) is 5.69 Å². The third-order valence-electron chi connectivity index (χ3n) is 5.81. The van der Waals surface area contributed by atoms with E-state index in [4.69, 9.17) is 11.6 Å². The number of carbonyl (C=O) groups is 1. The van der Waals surface area contributed by atoms with E-state index in [1.807, 2.05) is 78.9 Å². The summed E-state index contributed by atoms with van der Waals surface area (Å²) >= 11 is 5.89. The molecule has 5 aromatic rings. The number of aromatic nitrogens is 2. The maximum absolute atomic E-state index is 13.4. The minimum atomic E-state index is -0.359. The predicted octanol–water partition coefficient (Wildman–Crippen LogP) is 6.35. The normalized spacial score (nSPS) is 10.7. The van der Waals surface area contributed by atoms with Gasteiger partial charge in [0, 0.05) is 22.1 Å². The average molecular weight is 510 g/mol. The van der Waals surface area contributed by atoms with Crippen molar-refractivity contribution in [1.82, 2.24) is 9.55 Å². The predicted molar refractivity (Wildman–Crippen MR) is 149 cm³/mol. The van der Waals surface area contributed by atoms with Gasteiger partial charge in [-0.05, 0) is 66.2 Å². The van der Waals surface area contributed by atoms with Gasteiger partial charge in [0.25, 0.3) is 5.56 Å². The zero-order valence-electron chi connectivity index (χ0n) is 19.8. The number of anilines is 3. The Morgan fingerprint density at radius 3 is 2.08 bits per heavy atom. The first-order valence-electron chi connectivity index (χ1n) is 11.7. The summed E-state index contributed by atoms with van der Waals surface area (Å²) in [5.41, 5.74) is 4.93. The highest BCUT2D eigenvalue weighted by Gasteiger charge is 2.12. The fourth-order valence-electron chi connectivity index (χ4n) is 3.96. The highest BCUT2D eigenvalue weighted by atomic mass is 35.5. The van der Waals surface area contributed by atoms with Crippen molar-refractivity contribution in [2.45, 2.75) is 13.1 Å². The van der Waals surface area contributed by atoms with Crippen LogP contribution in [0.25, 0.3) is 11.0 Å². The first kappa shape index (κ1) is 24.1. The van der Waals surface area contributed by atoms with Crippen LogP contribution in [0.3, 0.4) is 0 Å². The van der Waals surface area contributed by atoms with Crippen LogP contribution in [-0.4, -0.2) is 15.6 Å². The Hall–Kier alpha value is -4.62. The molecule has 1 aromatic heterocycles. The zero-order chi connectivity index (χ0) is 25.6. The molecule has 37 heavy (non-hydrogen) atoms. The summed E-state index contributed by atoms with van der Waals surface area (Å²) in [4.78, 5) is 30.3. The summed E-state index contributed by atoms with van der Waals surface area (Å²) in [5.74, 6) is 0. The molecule has 0 unspecified atom stereocenters. The summed E-state index contributed by atoms with van der Waals surface area (Å²) in [6.07, 6.45) is 0. The third-order valence-corrected chi connectivity index (χ3v) is 6.06. The van der Waals surface area contributed by atoms with Gasteiger partial charge in [0.2, 0.25) is 0 Å². The second kappa shape index (κ2) is 11.0. The molecule has 0 fully saturated rings. The van der Waals surface area contributed by atoms with Crippen LogP contribution in [0.5, 0.6) is 0 Å². The number of carbonyl (C=O) groups excluding carboxylic acids is 1. The number of halogens is 1. The Kier molecular flexibility index (Phi) is 7.14. The topological polar surface area (TPSA) is 88.0 Å². The quantitative estimate of drug-likeness (QED) is 0.238. The van der Waals surface area contributed by atoms with Gasteiger partial charge in [-0.25, -0.2) is 9.78 Å². The molecule has 4 aromatic carbocycles. The fraction of sp³-hybridized carbons (Fsp3) is 0.0690. The molecule has 2 amide bonds. The number of nitrogens with one attached hydrogen (secondary N) is 3. The maximum atomic E-state index is 13.4. The van der Waals surface area contributed by atoms with E-state index in [2.05, 4.69) is 20.9 Å². The van der Waals surface area contributed by atoms with Crippen LogP contribution in [0.4, 0.5) is 21.9 Å². The van der Waals surface area contributed by atoms with Crippen molar-refractivity contribution < 1.29 is 4.79 Å². The lowest BCUT2D eigenvalue weighted by Gasteiger charge is -2.14. The van der Waals surface area contributed by atoms with Gasteiger partial charge in [-0.15, -0.1) is 0 Å². The van der Waals surface area contributed by atoms with Gasteiger partial charge >= 0.3 is 6.03 Å². The van der Waals surface area contributed by atoms with Crippen LogP contribution in [-0.2, 0) is 13.1 Å². The zero-order valence-corrected chi connectivity index (χ0v) is 20.6. The summed E-state index contributed by atoms with van der Waals surface area (Å²) < 4.78 is 1.74. The molecular formula is C29H24ClN5O2. The van der Waals surface area contributed by atoms with Crippen molar-refractivity contribution in [3.63, 3.8) is 0 Å². The number of rotatable bonds is 7. The summed E-state index contributed by atoms with van der Waals surface area (Å²) in [6.45, 7) is 0.691. The van der Waals surface area contributed by atoms with Crippen LogP contribution < -0.4 is 21.5 Å². The van der Waals surface area contributed by atoms with E-state index in [0.717, 1.165) is 22.3 Å². The van der Waals surface area contributed by atoms with Crippen molar-refractivity contribution in [1.29, 1.82) is 0 Å². The number of hydrogen-bond acceptors (Lipinski definition) is 4. The monoisotopic (exact) mass is 509 g/mol. The highest BCUT2D eigenvalue weighted by molar-refractivity contribution is 6.30. The lowest BCUT2D eigenvalue weighted by atomic mass is 10.2. The molecule has 0 aliphatic rings. The van der Waals surface area contributed by atoms with Gasteiger partial charge < -0.3 is 20.5 Å². The molecule has 1 heterocycles. The van der Waals surface area contributed by atoms with E-state index in [9.17, 15) is 9.59 Å². The highest BCUT2D eigenvalue weighted by Crippen LogP contribution is 2.17. The van der Waals surface area contributed by atoms with E-state index in [1.165, 1.54) is 0 Å². The Balaban J connectivity index is 1.32. The number of nitrogens with zero attached hydrogens (tertiary/aromatic N) is 2. The molecule has 0 radical (unpaired) electrons. The molecule has 0 saturated carbocycles. The Morgan fingerprint density at radius 1 is 0.757 bits per heavy atom. The van der Waals surface area contributed by atoms with Gasteiger partial charge in [-0.2, -0.15) is 0 Å². The van der Waals surface area contributed by atoms with Crippen LogP contribution in [0.15, 0.2) is 108 Å². The van der Waals surface area contributed by atoms with Crippen molar-refractivity contribution in [3.05, 3.63) is 130 Å². The van der Waals surface area contributed by atoms with E-state index in [1.54, 1.807) is 28.8 Å². The number of fused-ring (bicyclic) bond motifs is 1. The van der Waals surface area contributed by atoms with Gasteiger partial charge in [0.15, 0.2) is 0 Å². The lowest BCUT2D eigenvalue weighted by molar-refractivity contribution is 0.262. The minimum Gasteiger partial charge on any atom is -0.379 e. The van der Waals surface area contributed by atoms with E-state index in [-0.39, 0.29) is 11.6 Å². The maximum Gasteiger partial charge on any atom is 0.323 e. The summed E-state index contributed by atoms with van der Waals surface area (Å²) in [5, 5.41) is 9.45. The SMILES string of the molecule is O=C(Nc1ccc(Cl)cc1)Nc1ccc(Cn2c(=O)c(CNc3ccccc3)nc3ccccc32)cc1. The molecule has 3 N–H and O–H groups in total. The van der Waals surface area contributed by atoms with Gasteiger partial charge in [-0.1, -0.05) is 54.1 Å². The number of benzene rings is 4. The Morgan fingerprint density at radius 2 is 1.38 bits per heavy atom. The third kappa shape index (κ3) is 5.97. The van der Waals surface area contributed by atoms with E-state index in [0.29, 0.717) is 35.2 Å². The molecule has 5 rings (SSSR count). The van der Waals surface area contributed by atoms with Crippen LogP contribution in [0, 0.1) is 0 Å². The first-order valence-corrected chi connectivity index (χ1v) is 12.1. The molecule has 0 atom stereocenters. The molecule has 0 bridgehead atoms. The van der Waals surface area contributed by atoms with Crippen LogP contribution in [0.2, 0.25) is 5.02 Å². The standard InChI is InChI=1S/C29H24ClN5O2/c30-21-12-16-24(17-13-21)33-29(37)32-23-14-10-20(11-15-23)19-35-27-9-5-4-8-25(27)34-26(28(35)36)18-31-22-6-2-1-3-7-22/h1-17,31H,18-19H2,(H2,32,33,37). The number of amides is 2. The smallest absolute Gasteiger partial charge is 0.323 e. The van der Waals surface area contributed by atoms with Crippen molar-refractivity contribution in [3.8, 4) is 0 Å². The molecule has 8 heteroatoms. The molecule has 184 valence electrons. The number of para-hydroxylation sites is 3. The lowest BCUT2D eigenvalue weighted by Crippen LogP contribution is -2.27. The van der Waals surface area contributed by atoms with Gasteiger partial charge in [-0.3, -0.25) is 4.79 Å². The molecule has 7 nitrogen and oxygen atoms in total. The Labute approximate surface area is 218 Å². The number of hydrogen-bond donors (Lipinski definition) is 3. The van der Waals surface area contributed by atoms with Crippen molar-refractivity contribution in [2.75, 3.05) is 16.0 Å². The first-order chi connectivity index (χ1) is 18.0. The van der Waals surface area contributed by atoms with Crippen LogP contribution >= 0.6 is 11.6 Å². The fourth-order valence-corrected chi connectivity index (χ4v) is 4.09.